The summed E-state index contributed by atoms with van der Waals surface area (Å²) in [5.41, 5.74) is 3.06. The number of fused-ring (bicyclic) bond motifs is 2. The number of hydrogen-bond acceptors (Lipinski definition) is 2. The van der Waals surface area contributed by atoms with Crippen LogP contribution in [0.2, 0.25) is 0 Å². The van der Waals surface area contributed by atoms with Crippen molar-refractivity contribution in [2.24, 2.45) is 0 Å². The molecule has 4 heteroatoms. The Bertz CT molecular complexity index is 723. The van der Waals surface area contributed by atoms with E-state index in [0.29, 0.717) is 10.4 Å². The van der Waals surface area contributed by atoms with Gasteiger partial charge in [0.25, 0.3) is 5.91 Å². The number of halogens is 1. The van der Waals surface area contributed by atoms with E-state index < -0.39 is 0 Å². The van der Waals surface area contributed by atoms with Crippen LogP contribution in [-0.4, -0.2) is 23.9 Å². The minimum atomic E-state index is 0.00521. The van der Waals surface area contributed by atoms with Crippen molar-refractivity contribution in [1.82, 2.24) is 4.90 Å². The number of rotatable bonds is 1. The Kier molecular flexibility index (Phi) is 3.37. The predicted octanol–water partition coefficient (Wildman–Crippen LogP) is 4.16. The average molecular weight is 360 g/mol. The first kappa shape index (κ1) is 14.1. The molecule has 1 fully saturated rings. The third-order valence-electron chi connectivity index (χ3n) is 5.12. The third kappa shape index (κ3) is 2.21. The molecular formula is C18H18BrNO2. The molecule has 3 nitrogen and oxygen atoms in total. The molecule has 0 bridgehead atoms. The summed E-state index contributed by atoms with van der Waals surface area (Å²) in [4.78, 5) is 14.6. The third-order valence-corrected chi connectivity index (χ3v) is 5.54. The van der Waals surface area contributed by atoms with Gasteiger partial charge in [-0.3, -0.25) is 4.79 Å². The Labute approximate surface area is 138 Å². The lowest BCUT2D eigenvalue weighted by molar-refractivity contribution is 0.0748. The maximum atomic E-state index is 12.6. The topological polar surface area (TPSA) is 33.5 Å². The molecule has 0 N–H and O–H groups in total. The van der Waals surface area contributed by atoms with Gasteiger partial charge in [-0.1, -0.05) is 24.3 Å². The monoisotopic (exact) mass is 359 g/mol. The highest BCUT2D eigenvalue weighted by Gasteiger charge is 2.44. The van der Waals surface area contributed by atoms with Crippen molar-refractivity contribution in [3.05, 3.63) is 58.0 Å². The summed E-state index contributed by atoms with van der Waals surface area (Å²) in [6.45, 7) is 1.62. The smallest absolute Gasteiger partial charge is 0.289 e. The molecule has 4 rings (SSSR count). The average Bonchev–Trinajstić information content (AvgIpc) is 3.15. The number of carbonyl (C=O) groups is 1. The van der Waals surface area contributed by atoms with E-state index in [1.54, 1.807) is 12.1 Å². The van der Waals surface area contributed by atoms with Crippen LogP contribution in [0, 0.1) is 0 Å². The molecule has 22 heavy (non-hydrogen) atoms. The molecule has 2 aliphatic rings. The van der Waals surface area contributed by atoms with Gasteiger partial charge in [-0.05, 0) is 64.9 Å². The highest BCUT2D eigenvalue weighted by Crippen LogP contribution is 2.44. The SMILES string of the molecule is O=C(c1ccc(Br)o1)N1CCC2(CCCc3ccccc32)C1. The van der Waals surface area contributed by atoms with Crippen molar-refractivity contribution < 1.29 is 9.21 Å². The van der Waals surface area contributed by atoms with Crippen molar-refractivity contribution in [3.63, 3.8) is 0 Å². The Morgan fingerprint density at radius 3 is 2.86 bits per heavy atom. The number of nitrogens with zero attached hydrogens (tertiary/aromatic N) is 1. The molecular weight excluding hydrogens is 342 g/mol. The highest BCUT2D eigenvalue weighted by atomic mass is 79.9. The zero-order valence-electron chi connectivity index (χ0n) is 12.3. The Hall–Kier alpha value is -1.55. The first-order chi connectivity index (χ1) is 10.7. The van der Waals surface area contributed by atoms with Gasteiger partial charge in [0, 0.05) is 18.5 Å². The van der Waals surface area contributed by atoms with Gasteiger partial charge < -0.3 is 9.32 Å². The molecule has 0 saturated carbocycles. The van der Waals surface area contributed by atoms with E-state index in [1.165, 1.54) is 24.0 Å². The van der Waals surface area contributed by atoms with Gasteiger partial charge >= 0.3 is 0 Å². The summed E-state index contributed by atoms with van der Waals surface area (Å²) in [6.07, 6.45) is 4.61. The Morgan fingerprint density at radius 2 is 2.05 bits per heavy atom. The lowest BCUT2D eigenvalue weighted by atomic mass is 9.69. The van der Waals surface area contributed by atoms with Gasteiger partial charge in [0.15, 0.2) is 10.4 Å². The fraction of sp³-hybridized carbons (Fsp3) is 0.389. The fourth-order valence-electron chi connectivity index (χ4n) is 4.06. The van der Waals surface area contributed by atoms with Crippen LogP contribution in [0.1, 0.15) is 40.9 Å². The van der Waals surface area contributed by atoms with Gasteiger partial charge in [-0.15, -0.1) is 0 Å². The number of aryl methyl sites for hydroxylation is 1. The molecule has 0 radical (unpaired) electrons. The number of furan rings is 1. The molecule has 1 aliphatic carbocycles. The standard InChI is InChI=1S/C18H18BrNO2/c19-16-8-7-15(22-16)17(21)20-11-10-18(12-20)9-3-5-13-4-1-2-6-14(13)18/h1-2,4,6-8H,3,5,9-12H2. The van der Waals surface area contributed by atoms with E-state index in [2.05, 4.69) is 40.2 Å². The number of amides is 1. The molecule has 114 valence electrons. The van der Waals surface area contributed by atoms with Gasteiger partial charge in [-0.2, -0.15) is 0 Å². The van der Waals surface area contributed by atoms with Crippen LogP contribution in [0.5, 0.6) is 0 Å². The second-order valence-corrected chi connectivity index (χ2v) is 7.15. The summed E-state index contributed by atoms with van der Waals surface area (Å²) in [5.74, 6) is 0.429. The number of likely N-dealkylation sites (tertiary alicyclic amines) is 1. The minimum absolute atomic E-state index is 0.00521. The largest absolute Gasteiger partial charge is 0.444 e. The Balaban J connectivity index is 1.62. The summed E-state index contributed by atoms with van der Waals surface area (Å²) in [7, 11) is 0. The predicted molar refractivity (Wildman–Crippen MR) is 88.0 cm³/mol. The van der Waals surface area contributed by atoms with Crippen molar-refractivity contribution in [3.8, 4) is 0 Å². The van der Waals surface area contributed by atoms with Crippen LogP contribution in [0.3, 0.4) is 0 Å². The maximum Gasteiger partial charge on any atom is 0.289 e. The molecule has 1 spiro atoms. The molecule has 1 unspecified atom stereocenters. The maximum absolute atomic E-state index is 12.6. The van der Waals surface area contributed by atoms with E-state index in [1.807, 2.05) is 4.90 Å². The van der Waals surface area contributed by atoms with Gasteiger partial charge in [0.2, 0.25) is 0 Å². The second-order valence-electron chi connectivity index (χ2n) is 6.37. The molecule has 1 amide bonds. The highest BCUT2D eigenvalue weighted by molar-refractivity contribution is 9.10. The molecule has 2 heterocycles. The summed E-state index contributed by atoms with van der Waals surface area (Å²) in [5, 5.41) is 0. The molecule has 2 aromatic rings. The zero-order chi connectivity index (χ0) is 15.2. The molecule has 1 aromatic heterocycles. The van der Waals surface area contributed by atoms with Crippen LogP contribution in [0.4, 0.5) is 0 Å². The summed E-state index contributed by atoms with van der Waals surface area (Å²) < 4.78 is 6.03. The number of benzene rings is 1. The zero-order valence-corrected chi connectivity index (χ0v) is 13.9. The van der Waals surface area contributed by atoms with Gasteiger partial charge in [0.1, 0.15) is 0 Å². The van der Waals surface area contributed by atoms with E-state index in [0.717, 1.165) is 25.9 Å². The van der Waals surface area contributed by atoms with Crippen LogP contribution in [-0.2, 0) is 11.8 Å². The van der Waals surface area contributed by atoms with E-state index in [9.17, 15) is 4.79 Å². The summed E-state index contributed by atoms with van der Waals surface area (Å²) >= 11 is 3.26. The normalized spacial score (nSPS) is 23.8. The van der Waals surface area contributed by atoms with Crippen LogP contribution < -0.4 is 0 Å². The van der Waals surface area contributed by atoms with Crippen LogP contribution >= 0.6 is 15.9 Å². The lowest BCUT2D eigenvalue weighted by Gasteiger charge is -2.35. The number of hydrogen-bond donors (Lipinski definition) is 0. The van der Waals surface area contributed by atoms with Crippen molar-refractivity contribution in [2.45, 2.75) is 31.1 Å². The number of carbonyl (C=O) groups excluding carboxylic acids is 1. The fourth-order valence-corrected chi connectivity index (χ4v) is 4.37. The second kappa shape index (κ2) is 5.27. The van der Waals surface area contributed by atoms with E-state index >= 15 is 0 Å². The van der Waals surface area contributed by atoms with Crippen molar-refractivity contribution >= 4 is 21.8 Å². The molecule has 1 saturated heterocycles. The molecule has 1 aliphatic heterocycles. The van der Waals surface area contributed by atoms with E-state index in [4.69, 9.17) is 4.42 Å². The molecule has 1 aromatic carbocycles. The van der Waals surface area contributed by atoms with Crippen LogP contribution in [0.15, 0.2) is 45.5 Å². The van der Waals surface area contributed by atoms with Gasteiger partial charge in [0.05, 0.1) is 0 Å². The van der Waals surface area contributed by atoms with Crippen LogP contribution in [0.25, 0.3) is 0 Å². The van der Waals surface area contributed by atoms with Gasteiger partial charge in [-0.25, -0.2) is 0 Å². The summed E-state index contributed by atoms with van der Waals surface area (Å²) in [6, 6.07) is 12.3. The Morgan fingerprint density at radius 1 is 1.18 bits per heavy atom. The van der Waals surface area contributed by atoms with E-state index in [-0.39, 0.29) is 11.3 Å². The lowest BCUT2D eigenvalue weighted by Crippen LogP contribution is -2.36. The first-order valence-electron chi connectivity index (χ1n) is 7.81. The minimum Gasteiger partial charge on any atom is -0.444 e. The van der Waals surface area contributed by atoms with Crippen molar-refractivity contribution in [1.29, 1.82) is 0 Å². The first-order valence-corrected chi connectivity index (χ1v) is 8.60. The molecule has 1 atom stereocenters. The van der Waals surface area contributed by atoms with Crippen molar-refractivity contribution in [2.75, 3.05) is 13.1 Å². The quantitative estimate of drug-likeness (QED) is 0.765.